The summed E-state index contributed by atoms with van der Waals surface area (Å²) in [7, 11) is 0. The Morgan fingerprint density at radius 3 is 2.44 bits per heavy atom. The minimum Gasteiger partial charge on any atom is -0.388 e. The summed E-state index contributed by atoms with van der Waals surface area (Å²) in [5.74, 6) is -2.32. The molecule has 0 radical (unpaired) electrons. The summed E-state index contributed by atoms with van der Waals surface area (Å²) in [4.78, 5) is 12.4. The summed E-state index contributed by atoms with van der Waals surface area (Å²) in [6.07, 6.45) is -1.03. The van der Waals surface area contributed by atoms with Gasteiger partial charge in [0.05, 0.1) is 11.7 Å². The molecule has 8 heteroatoms. The Hall–Kier alpha value is -2.77. The molecule has 0 saturated heterocycles. The van der Waals surface area contributed by atoms with Gasteiger partial charge >= 0.3 is 0 Å². The van der Waals surface area contributed by atoms with Gasteiger partial charge in [-0.15, -0.1) is 0 Å². The molecule has 3 rings (SSSR count). The van der Waals surface area contributed by atoms with Crippen LogP contribution < -0.4 is 5.32 Å². The molecular formula is C19H15ClF2N2O3. The lowest BCUT2D eigenvalue weighted by Crippen LogP contribution is -2.24. The summed E-state index contributed by atoms with van der Waals surface area (Å²) < 4.78 is 31.6. The van der Waals surface area contributed by atoms with Crippen molar-refractivity contribution in [1.29, 1.82) is 0 Å². The predicted octanol–water partition coefficient (Wildman–Crippen LogP) is 4.26. The van der Waals surface area contributed by atoms with Crippen LogP contribution in [0, 0.1) is 11.6 Å². The lowest BCUT2D eigenvalue weighted by molar-refractivity contribution is 0.0905. The van der Waals surface area contributed by atoms with Crippen LogP contribution in [0.15, 0.2) is 47.0 Å². The van der Waals surface area contributed by atoms with Crippen LogP contribution in [0.5, 0.6) is 0 Å². The van der Waals surface area contributed by atoms with Crippen molar-refractivity contribution >= 4 is 17.5 Å². The number of rotatable bonds is 5. The molecular weight excluding hydrogens is 378 g/mol. The van der Waals surface area contributed by atoms with E-state index in [2.05, 4.69) is 10.5 Å². The van der Waals surface area contributed by atoms with Crippen LogP contribution in [0.2, 0.25) is 5.02 Å². The molecule has 2 N–H and O–H groups in total. The van der Waals surface area contributed by atoms with Crippen LogP contribution >= 0.6 is 11.6 Å². The quantitative estimate of drug-likeness (QED) is 0.680. The highest BCUT2D eigenvalue weighted by molar-refractivity contribution is 6.30. The Balaban J connectivity index is 1.85. The van der Waals surface area contributed by atoms with Crippen LogP contribution in [-0.2, 0) is 6.54 Å². The van der Waals surface area contributed by atoms with Gasteiger partial charge in [0, 0.05) is 23.2 Å². The third-order valence-electron chi connectivity index (χ3n) is 3.85. The van der Waals surface area contributed by atoms with E-state index in [0.717, 1.165) is 18.2 Å². The molecule has 0 fully saturated rings. The second kappa shape index (κ2) is 7.85. The zero-order valence-corrected chi connectivity index (χ0v) is 14.9. The summed E-state index contributed by atoms with van der Waals surface area (Å²) in [5.41, 5.74) is 1.38. The zero-order valence-electron chi connectivity index (χ0n) is 14.2. The molecule has 1 heterocycles. The normalized spacial score (nSPS) is 12.0. The van der Waals surface area contributed by atoms with Crippen LogP contribution in [0.1, 0.15) is 34.7 Å². The summed E-state index contributed by atoms with van der Waals surface area (Å²) >= 11 is 5.87. The van der Waals surface area contributed by atoms with E-state index in [1.54, 1.807) is 24.3 Å². The maximum Gasteiger partial charge on any atom is 0.290 e. The number of hydrogen-bond acceptors (Lipinski definition) is 4. The average Bonchev–Trinajstić information content (AvgIpc) is 3.05. The number of aliphatic hydroxyl groups excluding tert-OH is 1. The van der Waals surface area contributed by atoms with E-state index in [1.165, 1.54) is 6.92 Å². The van der Waals surface area contributed by atoms with E-state index < -0.39 is 23.6 Å². The first-order valence-electron chi connectivity index (χ1n) is 8.02. The van der Waals surface area contributed by atoms with E-state index in [9.17, 15) is 18.7 Å². The van der Waals surface area contributed by atoms with Crippen molar-refractivity contribution in [3.63, 3.8) is 0 Å². The maximum absolute atomic E-state index is 13.2. The molecule has 1 atom stereocenters. The molecule has 0 bridgehead atoms. The van der Waals surface area contributed by atoms with Gasteiger partial charge in [0.25, 0.3) is 5.91 Å². The topological polar surface area (TPSA) is 75.4 Å². The van der Waals surface area contributed by atoms with Crippen molar-refractivity contribution in [2.45, 2.75) is 19.6 Å². The number of nitrogens with zero attached hydrogens (tertiary/aromatic N) is 1. The Bertz CT molecular complexity index is 951. The van der Waals surface area contributed by atoms with Crippen LogP contribution in [0.3, 0.4) is 0 Å². The number of carbonyl (C=O) groups is 1. The molecule has 0 spiro atoms. The van der Waals surface area contributed by atoms with Crippen molar-refractivity contribution < 1.29 is 23.2 Å². The largest absolute Gasteiger partial charge is 0.388 e. The van der Waals surface area contributed by atoms with E-state index in [4.69, 9.17) is 16.1 Å². The van der Waals surface area contributed by atoms with Crippen LogP contribution in [0.4, 0.5) is 8.78 Å². The second-order valence-corrected chi connectivity index (χ2v) is 6.35. The molecule has 0 aliphatic heterocycles. The van der Waals surface area contributed by atoms with E-state index in [-0.39, 0.29) is 23.4 Å². The molecule has 3 aromatic rings. The molecule has 0 aliphatic rings. The maximum atomic E-state index is 13.2. The molecule has 140 valence electrons. The fourth-order valence-electron chi connectivity index (χ4n) is 2.64. The third kappa shape index (κ3) is 4.32. The summed E-state index contributed by atoms with van der Waals surface area (Å²) in [6.45, 7) is 1.36. The smallest absolute Gasteiger partial charge is 0.290 e. The first-order chi connectivity index (χ1) is 12.8. The van der Waals surface area contributed by atoms with Gasteiger partial charge in [-0.3, -0.25) is 4.79 Å². The second-order valence-electron chi connectivity index (χ2n) is 5.92. The number of amides is 1. The van der Waals surface area contributed by atoms with Gasteiger partial charge in [-0.1, -0.05) is 28.9 Å². The first-order valence-corrected chi connectivity index (χ1v) is 8.39. The Kier molecular flexibility index (Phi) is 5.53. The summed E-state index contributed by atoms with van der Waals surface area (Å²) in [5, 5.41) is 17.0. The highest BCUT2D eigenvalue weighted by atomic mass is 35.5. The minimum atomic E-state index is -1.03. The fraction of sp³-hybridized carbons (Fsp3) is 0.158. The van der Waals surface area contributed by atoms with Crippen molar-refractivity contribution in [2.24, 2.45) is 0 Å². The van der Waals surface area contributed by atoms with Gasteiger partial charge in [-0.05, 0) is 36.8 Å². The number of aliphatic hydroxyl groups is 1. The molecule has 1 amide bonds. The molecule has 0 saturated carbocycles. The molecule has 2 aromatic carbocycles. The standard InChI is InChI=1S/C19H15ClF2N2O3/c1-10(25)16-17(12-2-4-13(20)5-3-12)24-27-18(16)19(26)23-9-11-6-14(21)8-15(22)7-11/h2-8,10,25H,9H2,1H3,(H,23,26). The highest BCUT2D eigenvalue weighted by Gasteiger charge is 2.26. The number of hydrogen-bond donors (Lipinski definition) is 2. The molecule has 5 nitrogen and oxygen atoms in total. The number of nitrogens with one attached hydrogen (secondary N) is 1. The first kappa shape index (κ1) is 19.0. The minimum absolute atomic E-state index is 0.121. The molecule has 27 heavy (non-hydrogen) atoms. The van der Waals surface area contributed by atoms with Gasteiger partial charge in [0.1, 0.15) is 17.3 Å². The van der Waals surface area contributed by atoms with Crippen molar-refractivity contribution in [2.75, 3.05) is 0 Å². The van der Waals surface area contributed by atoms with E-state index in [0.29, 0.717) is 16.3 Å². The van der Waals surface area contributed by atoms with Gasteiger partial charge < -0.3 is 14.9 Å². The lowest BCUT2D eigenvalue weighted by atomic mass is 10.0. The number of aromatic nitrogens is 1. The molecule has 1 unspecified atom stereocenters. The average molecular weight is 393 g/mol. The molecule has 1 aromatic heterocycles. The Morgan fingerprint density at radius 1 is 1.22 bits per heavy atom. The molecule has 0 aliphatic carbocycles. The van der Waals surface area contributed by atoms with Crippen molar-refractivity contribution in [3.8, 4) is 11.3 Å². The zero-order chi connectivity index (χ0) is 19.6. The number of carbonyl (C=O) groups excluding carboxylic acids is 1. The van der Waals surface area contributed by atoms with Crippen LogP contribution in [0.25, 0.3) is 11.3 Å². The monoisotopic (exact) mass is 392 g/mol. The van der Waals surface area contributed by atoms with Gasteiger partial charge in [-0.2, -0.15) is 0 Å². The summed E-state index contributed by atoms with van der Waals surface area (Å²) in [6, 6.07) is 9.63. The highest BCUT2D eigenvalue weighted by Crippen LogP contribution is 2.31. The predicted molar refractivity (Wildman–Crippen MR) is 95.1 cm³/mol. The number of benzene rings is 2. The number of halogens is 3. The van der Waals surface area contributed by atoms with Gasteiger partial charge in [0.2, 0.25) is 5.76 Å². The Labute approximate surface area is 158 Å². The van der Waals surface area contributed by atoms with Gasteiger partial charge in [-0.25, -0.2) is 8.78 Å². The Morgan fingerprint density at radius 2 is 1.85 bits per heavy atom. The SMILES string of the molecule is CC(O)c1c(-c2ccc(Cl)cc2)noc1C(=O)NCc1cc(F)cc(F)c1. The van der Waals surface area contributed by atoms with E-state index in [1.807, 2.05) is 0 Å². The van der Waals surface area contributed by atoms with Gasteiger partial charge in [0.15, 0.2) is 0 Å². The van der Waals surface area contributed by atoms with Crippen molar-refractivity contribution in [3.05, 3.63) is 76.0 Å². The third-order valence-corrected chi connectivity index (χ3v) is 4.10. The lowest BCUT2D eigenvalue weighted by Gasteiger charge is -2.08. The van der Waals surface area contributed by atoms with E-state index >= 15 is 0 Å². The fourth-order valence-corrected chi connectivity index (χ4v) is 2.77. The van der Waals surface area contributed by atoms with Crippen molar-refractivity contribution in [1.82, 2.24) is 10.5 Å². The van der Waals surface area contributed by atoms with Crippen LogP contribution in [-0.4, -0.2) is 16.2 Å².